The highest BCUT2D eigenvalue weighted by atomic mass is 19.2. The summed E-state index contributed by atoms with van der Waals surface area (Å²) in [5.74, 6) is -1.70. The highest BCUT2D eigenvalue weighted by Gasteiger charge is 2.04. The summed E-state index contributed by atoms with van der Waals surface area (Å²) in [4.78, 5) is 0. The molecule has 0 saturated heterocycles. The summed E-state index contributed by atoms with van der Waals surface area (Å²) >= 11 is 0. The second-order valence-corrected chi connectivity index (χ2v) is 2.60. The molecule has 0 radical (unpaired) electrons. The first-order valence-electron chi connectivity index (χ1n) is 3.72. The van der Waals surface area contributed by atoms with E-state index in [1.165, 1.54) is 6.07 Å². The Morgan fingerprint density at radius 3 is 2.54 bits per heavy atom. The number of hydrogen-bond acceptors (Lipinski definition) is 1. The lowest BCUT2D eigenvalue weighted by molar-refractivity contribution is 0.509. The molecule has 0 bridgehead atoms. The molecule has 1 heterocycles. The van der Waals surface area contributed by atoms with Crippen molar-refractivity contribution < 1.29 is 8.78 Å². The summed E-state index contributed by atoms with van der Waals surface area (Å²) in [7, 11) is 0. The fraction of sp³-hybridized carbons (Fsp3) is 0. The van der Waals surface area contributed by atoms with Gasteiger partial charge in [-0.05, 0) is 24.3 Å². The fourth-order valence-electron chi connectivity index (χ4n) is 1.08. The van der Waals surface area contributed by atoms with E-state index >= 15 is 0 Å². The van der Waals surface area contributed by atoms with E-state index in [2.05, 4.69) is 10.2 Å². The highest BCUT2D eigenvalue weighted by molar-refractivity contribution is 5.58. The summed E-state index contributed by atoms with van der Waals surface area (Å²) in [6.45, 7) is 0. The minimum Gasteiger partial charge on any atom is -0.278 e. The lowest BCUT2D eigenvalue weighted by atomic mass is 10.1. The molecule has 0 saturated carbocycles. The Labute approximate surface area is 73.2 Å². The van der Waals surface area contributed by atoms with Crippen molar-refractivity contribution in [2.45, 2.75) is 0 Å². The molecular weight excluding hydrogens is 174 g/mol. The molecule has 2 nitrogen and oxygen atoms in total. The van der Waals surface area contributed by atoms with Gasteiger partial charge in [0.05, 0.1) is 5.69 Å². The third kappa shape index (κ3) is 1.42. The van der Waals surface area contributed by atoms with Gasteiger partial charge in [-0.2, -0.15) is 5.10 Å². The number of H-pyrrole nitrogens is 1. The molecule has 66 valence electrons. The number of aromatic amines is 1. The summed E-state index contributed by atoms with van der Waals surface area (Å²) in [6, 6.07) is 5.40. The molecule has 1 aromatic carbocycles. The van der Waals surface area contributed by atoms with Gasteiger partial charge in [0.15, 0.2) is 11.6 Å². The Kier molecular flexibility index (Phi) is 1.81. The minimum atomic E-state index is -0.855. The molecule has 0 fully saturated rings. The number of aromatic nitrogens is 2. The van der Waals surface area contributed by atoms with Crippen LogP contribution in [0.4, 0.5) is 8.78 Å². The summed E-state index contributed by atoms with van der Waals surface area (Å²) in [6.07, 6.45) is 1.55. The number of nitrogens with one attached hydrogen (secondary N) is 1. The normalized spacial score (nSPS) is 10.3. The van der Waals surface area contributed by atoms with Crippen LogP contribution in [0.3, 0.4) is 0 Å². The maximum atomic E-state index is 12.8. The average Bonchev–Trinajstić information content (AvgIpc) is 2.62. The zero-order valence-electron chi connectivity index (χ0n) is 6.59. The highest BCUT2D eigenvalue weighted by Crippen LogP contribution is 2.18. The van der Waals surface area contributed by atoms with Crippen molar-refractivity contribution >= 4 is 0 Å². The van der Waals surface area contributed by atoms with Crippen molar-refractivity contribution in [3.63, 3.8) is 0 Å². The first kappa shape index (κ1) is 7.91. The van der Waals surface area contributed by atoms with Gasteiger partial charge in [-0.15, -0.1) is 0 Å². The van der Waals surface area contributed by atoms with Crippen LogP contribution in [0.2, 0.25) is 0 Å². The zero-order valence-corrected chi connectivity index (χ0v) is 6.59. The van der Waals surface area contributed by atoms with Crippen molar-refractivity contribution in [2.75, 3.05) is 0 Å². The lowest BCUT2D eigenvalue weighted by Crippen LogP contribution is -1.85. The topological polar surface area (TPSA) is 28.7 Å². The van der Waals surface area contributed by atoms with Crippen LogP contribution in [0.25, 0.3) is 11.3 Å². The largest absolute Gasteiger partial charge is 0.278 e. The lowest BCUT2D eigenvalue weighted by Gasteiger charge is -1.97. The van der Waals surface area contributed by atoms with Crippen LogP contribution in [-0.2, 0) is 0 Å². The van der Waals surface area contributed by atoms with Gasteiger partial charge in [0.25, 0.3) is 0 Å². The van der Waals surface area contributed by atoms with Crippen molar-refractivity contribution in [3.05, 3.63) is 42.1 Å². The van der Waals surface area contributed by atoms with E-state index in [1.807, 2.05) is 0 Å². The van der Waals surface area contributed by atoms with E-state index in [-0.39, 0.29) is 0 Å². The number of nitrogens with zero attached hydrogens (tertiary/aromatic N) is 1. The van der Waals surface area contributed by atoms with Crippen LogP contribution in [0.15, 0.2) is 30.5 Å². The molecule has 2 rings (SSSR count). The van der Waals surface area contributed by atoms with Crippen molar-refractivity contribution in [1.82, 2.24) is 10.2 Å². The molecule has 0 unspecified atom stereocenters. The van der Waals surface area contributed by atoms with Crippen LogP contribution in [-0.4, -0.2) is 10.2 Å². The maximum Gasteiger partial charge on any atom is 0.159 e. The van der Waals surface area contributed by atoms with Crippen molar-refractivity contribution in [1.29, 1.82) is 0 Å². The van der Waals surface area contributed by atoms with Crippen LogP contribution < -0.4 is 0 Å². The molecule has 0 aliphatic carbocycles. The van der Waals surface area contributed by atoms with Crippen molar-refractivity contribution in [2.24, 2.45) is 0 Å². The van der Waals surface area contributed by atoms with Crippen LogP contribution in [0, 0.1) is 11.6 Å². The predicted octanol–water partition coefficient (Wildman–Crippen LogP) is 2.35. The summed E-state index contributed by atoms with van der Waals surface area (Å²) in [5, 5.41) is 6.37. The number of benzene rings is 1. The van der Waals surface area contributed by atoms with Gasteiger partial charge in [0, 0.05) is 11.8 Å². The Bertz CT molecular complexity index is 410. The fourth-order valence-corrected chi connectivity index (χ4v) is 1.08. The quantitative estimate of drug-likeness (QED) is 0.716. The van der Waals surface area contributed by atoms with Crippen molar-refractivity contribution in [3.8, 4) is 11.3 Å². The summed E-state index contributed by atoms with van der Waals surface area (Å²) in [5.41, 5.74) is 1.25. The van der Waals surface area contributed by atoms with E-state index in [0.717, 1.165) is 12.1 Å². The Morgan fingerprint density at radius 2 is 1.92 bits per heavy atom. The molecule has 0 amide bonds. The van der Waals surface area contributed by atoms with Gasteiger partial charge in [-0.1, -0.05) is 0 Å². The Morgan fingerprint density at radius 1 is 1.08 bits per heavy atom. The third-order valence-corrected chi connectivity index (χ3v) is 1.73. The Hall–Kier alpha value is -1.71. The molecule has 4 heteroatoms. The smallest absolute Gasteiger partial charge is 0.159 e. The van der Waals surface area contributed by atoms with Gasteiger partial charge < -0.3 is 0 Å². The molecule has 0 aliphatic heterocycles. The number of hydrogen-bond donors (Lipinski definition) is 1. The molecule has 0 spiro atoms. The SMILES string of the molecule is Fc1ccc(-c2ccn[nH]2)cc1F. The first-order chi connectivity index (χ1) is 6.27. The van der Waals surface area contributed by atoms with Crippen LogP contribution in [0.1, 0.15) is 0 Å². The standard InChI is InChI=1S/C9H6F2N2/c10-7-2-1-6(5-8(7)11)9-3-4-12-13-9/h1-5H,(H,12,13). The van der Waals surface area contributed by atoms with Gasteiger partial charge in [0.1, 0.15) is 0 Å². The van der Waals surface area contributed by atoms with Crippen LogP contribution >= 0.6 is 0 Å². The van der Waals surface area contributed by atoms with E-state index < -0.39 is 11.6 Å². The van der Waals surface area contributed by atoms with Crippen LogP contribution in [0.5, 0.6) is 0 Å². The molecule has 1 N–H and O–H groups in total. The Balaban J connectivity index is 2.49. The second kappa shape index (κ2) is 2.97. The molecule has 0 aliphatic rings. The minimum absolute atomic E-state index is 0.580. The molecule has 13 heavy (non-hydrogen) atoms. The maximum absolute atomic E-state index is 12.8. The monoisotopic (exact) mass is 180 g/mol. The predicted molar refractivity (Wildman–Crippen MR) is 43.9 cm³/mol. The average molecular weight is 180 g/mol. The number of rotatable bonds is 1. The number of halogens is 2. The van der Waals surface area contributed by atoms with E-state index in [1.54, 1.807) is 12.3 Å². The van der Waals surface area contributed by atoms with Gasteiger partial charge in [0.2, 0.25) is 0 Å². The summed E-state index contributed by atoms with van der Waals surface area (Å²) < 4.78 is 25.3. The van der Waals surface area contributed by atoms with E-state index in [9.17, 15) is 8.78 Å². The van der Waals surface area contributed by atoms with E-state index in [4.69, 9.17) is 0 Å². The molecule has 1 aromatic heterocycles. The van der Waals surface area contributed by atoms with E-state index in [0.29, 0.717) is 11.3 Å². The van der Waals surface area contributed by atoms with Gasteiger partial charge in [-0.25, -0.2) is 8.78 Å². The molecular formula is C9H6F2N2. The molecule has 0 atom stereocenters. The second-order valence-electron chi connectivity index (χ2n) is 2.60. The third-order valence-electron chi connectivity index (χ3n) is 1.73. The first-order valence-corrected chi connectivity index (χ1v) is 3.72. The van der Waals surface area contributed by atoms with Gasteiger partial charge >= 0.3 is 0 Å². The molecule has 2 aromatic rings. The zero-order chi connectivity index (χ0) is 9.26. The van der Waals surface area contributed by atoms with Gasteiger partial charge in [-0.3, -0.25) is 5.10 Å².